The Bertz CT molecular complexity index is 412. The van der Waals surface area contributed by atoms with E-state index in [0.29, 0.717) is 5.54 Å². The Labute approximate surface area is 123 Å². The van der Waals surface area contributed by atoms with Crippen LogP contribution in [0.2, 0.25) is 0 Å². The van der Waals surface area contributed by atoms with Gasteiger partial charge in [-0.25, -0.2) is 0 Å². The molecule has 0 spiro atoms. The largest absolute Gasteiger partial charge is 0.397 e. The number of nitrogens with one attached hydrogen (secondary N) is 1. The fourth-order valence-electron chi connectivity index (χ4n) is 2.77. The van der Waals surface area contributed by atoms with Crippen LogP contribution in [0.4, 0.5) is 11.4 Å². The first-order chi connectivity index (χ1) is 8.53. The number of hydrogen-bond acceptors (Lipinski definition) is 3. The molecule has 0 unspecified atom stereocenters. The Hall–Kier alpha value is -0.490. The van der Waals surface area contributed by atoms with Crippen molar-refractivity contribution in [3.8, 4) is 0 Å². The maximum absolute atomic E-state index is 6.04. The highest BCUT2D eigenvalue weighted by atomic mass is 127. The number of hydrogen-bond donors (Lipinski definition) is 2. The predicted octanol–water partition coefficient (Wildman–Crippen LogP) is 3.16. The van der Waals surface area contributed by atoms with E-state index in [0.717, 1.165) is 17.9 Å². The van der Waals surface area contributed by atoms with Crippen LogP contribution in [-0.4, -0.2) is 31.1 Å². The Kier molecular flexibility index (Phi) is 4.37. The minimum Gasteiger partial charge on any atom is -0.397 e. The molecule has 2 rings (SSSR count). The third-order valence-corrected chi connectivity index (χ3v) is 4.78. The van der Waals surface area contributed by atoms with Crippen molar-refractivity contribution in [1.29, 1.82) is 0 Å². The van der Waals surface area contributed by atoms with Crippen LogP contribution >= 0.6 is 22.6 Å². The van der Waals surface area contributed by atoms with Gasteiger partial charge in [0.15, 0.2) is 0 Å². The van der Waals surface area contributed by atoms with Crippen molar-refractivity contribution in [2.45, 2.75) is 31.2 Å². The summed E-state index contributed by atoms with van der Waals surface area (Å²) < 4.78 is 1.18. The molecule has 0 radical (unpaired) electrons. The van der Waals surface area contributed by atoms with E-state index < -0.39 is 0 Å². The zero-order valence-electron chi connectivity index (χ0n) is 11.2. The van der Waals surface area contributed by atoms with E-state index in [2.05, 4.69) is 59.0 Å². The van der Waals surface area contributed by atoms with Crippen LogP contribution in [0.1, 0.15) is 25.7 Å². The molecule has 1 aromatic carbocycles. The van der Waals surface area contributed by atoms with Crippen molar-refractivity contribution in [3.63, 3.8) is 0 Å². The number of nitrogen functional groups attached to an aromatic ring is 1. The molecule has 0 amide bonds. The van der Waals surface area contributed by atoms with Crippen LogP contribution in [0.25, 0.3) is 0 Å². The average Bonchev–Trinajstić information content (AvgIpc) is 2.78. The predicted molar refractivity (Wildman–Crippen MR) is 86.9 cm³/mol. The molecule has 1 aliphatic carbocycles. The minimum absolute atomic E-state index is 0.301. The van der Waals surface area contributed by atoms with Crippen molar-refractivity contribution in [3.05, 3.63) is 21.8 Å². The Morgan fingerprint density at radius 3 is 2.56 bits per heavy atom. The van der Waals surface area contributed by atoms with Crippen molar-refractivity contribution in [2.75, 3.05) is 31.7 Å². The molecule has 1 saturated carbocycles. The molecule has 100 valence electrons. The first-order valence-electron chi connectivity index (χ1n) is 6.50. The number of halogens is 1. The zero-order valence-corrected chi connectivity index (χ0v) is 13.3. The van der Waals surface area contributed by atoms with Gasteiger partial charge in [0.2, 0.25) is 0 Å². The molecular weight excluding hydrogens is 337 g/mol. The fourth-order valence-corrected chi connectivity index (χ4v) is 3.28. The van der Waals surface area contributed by atoms with E-state index in [1.807, 2.05) is 6.07 Å². The van der Waals surface area contributed by atoms with Gasteiger partial charge in [-0.3, -0.25) is 0 Å². The molecule has 0 heterocycles. The van der Waals surface area contributed by atoms with Gasteiger partial charge in [-0.15, -0.1) is 0 Å². The molecule has 1 aromatic rings. The highest BCUT2D eigenvalue weighted by molar-refractivity contribution is 14.1. The first kappa shape index (κ1) is 13.9. The first-order valence-corrected chi connectivity index (χ1v) is 7.58. The van der Waals surface area contributed by atoms with E-state index in [9.17, 15) is 0 Å². The van der Waals surface area contributed by atoms with E-state index in [1.165, 1.54) is 29.3 Å². The van der Waals surface area contributed by atoms with E-state index in [-0.39, 0.29) is 0 Å². The Balaban J connectivity index is 2.06. The van der Waals surface area contributed by atoms with Crippen molar-refractivity contribution in [1.82, 2.24) is 4.90 Å². The summed E-state index contributed by atoms with van der Waals surface area (Å²) in [7, 11) is 4.37. The smallest absolute Gasteiger partial charge is 0.0575 e. The summed E-state index contributed by atoms with van der Waals surface area (Å²) in [6.45, 7) is 0.977. The van der Waals surface area contributed by atoms with Crippen LogP contribution in [0.5, 0.6) is 0 Å². The molecule has 3 nitrogen and oxygen atoms in total. The molecule has 0 atom stereocenters. The molecule has 0 aromatic heterocycles. The summed E-state index contributed by atoms with van der Waals surface area (Å²) in [5, 5.41) is 3.53. The number of anilines is 2. The minimum atomic E-state index is 0.301. The second-order valence-electron chi connectivity index (χ2n) is 5.41. The van der Waals surface area contributed by atoms with E-state index in [4.69, 9.17) is 5.73 Å². The van der Waals surface area contributed by atoms with Gasteiger partial charge in [-0.1, -0.05) is 12.8 Å². The molecule has 0 saturated heterocycles. The summed E-state index contributed by atoms with van der Waals surface area (Å²) >= 11 is 2.29. The summed E-state index contributed by atoms with van der Waals surface area (Å²) in [4.78, 5) is 2.37. The van der Waals surface area contributed by atoms with Gasteiger partial charge >= 0.3 is 0 Å². The number of benzene rings is 1. The number of likely N-dealkylation sites (N-methyl/N-ethyl adjacent to an activating group) is 1. The molecule has 0 bridgehead atoms. The molecule has 4 heteroatoms. The van der Waals surface area contributed by atoms with Crippen LogP contribution in [0.15, 0.2) is 18.2 Å². The molecule has 1 aliphatic rings. The topological polar surface area (TPSA) is 41.3 Å². The van der Waals surface area contributed by atoms with Gasteiger partial charge in [-0.2, -0.15) is 0 Å². The maximum atomic E-state index is 6.04. The SMILES string of the molecule is CN(C)C1(CNc2ccc(I)cc2N)CCCC1. The highest BCUT2D eigenvalue weighted by Gasteiger charge is 2.35. The average molecular weight is 359 g/mol. The van der Waals surface area contributed by atoms with Crippen molar-refractivity contribution >= 4 is 34.0 Å². The normalized spacial score (nSPS) is 18.2. The van der Waals surface area contributed by atoms with Crippen molar-refractivity contribution in [2.24, 2.45) is 0 Å². The lowest BCUT2D eigenvalue weighted by molar-refractivity contribution is 0.172. The summed E-state index contributed by atoms with van der Waals surface area (Å²) in [6, 6.07) is 6.19. The highest BCUT2D eigenvalue weighted by Crippen LogP contribution is 2.34. The number of nitrogens with zero attached hydrogens (tertiary/aromatic N) is 1. The maximum Gasteiger partial charge on any atom is 0.0575 e. The van der Waals surface area contributed by atoms with Crippen LogP contribution in [0.3, 0.4) is 0 Å². The van der Waals surface area contributed by atoms with Crippen molar-refractivity contribution < 1.29 is 0 Å². The second kappa shape index (κ2) is 5.65. The third-order valence-electron chi connectivity index (χ3n) is 4.10. The summed E-state index contributed by atoms with van der Waals surface area (Å²) in [5.41, 5.74) is 8.25. The van der Waals surface area contributed by atoms with Crippen LogP contribution in [-0.2, 0) is 0 Å². The Morgan fingerprint density at radius 2 is 2.00 bits per heavy atom. The molecular formula is C14H22IN3. The Morgan fingerprint density at radius 1 is 1.33 bits per heavy atom. The molecule has 3 N–H and O–H groups in total. The third kappa shape index (κ3) is 2.91. The van der Waals surface area contributed by atoms with Gasteiger partial charge in [0.05, 0.1) is 11.4 Å². The standard InChI is InChI=1S/C14H22IN3/c1-18(2)14(7-3-4-8-14)10-17-13-6-5-11(15)9-12(13)16/h5-6,9,17H,3-4,7-8,10,16H2,1-2H3. The van der Waals surface area contributed by atoms with E-state index in [1.54, 1.807) is 0 Å². The number of nitrogens with two attached hydrogens (primary N) is 1. The molecule has 18 heavy (non-hydrogen) atoms. The zero-order chi connectivity index (χ0) is 13.2. The van der Waals surface area contributed by atoms with Crippen LogP contribution < -0.4 is 11.1 Å². The lowest BCUT2D eigenvalue weighted by Crippen LogP contribution is -2.47. The van der Waals surface area contributed by atoms with Gasteiger partial charge in [0.25, 0.3) is 0 Å². The van der Waals surface area contributed by atoms with Gasteiger partial charge in [-0.05, 0) is 67.7 Å². The van der Waals surface area contributed by atoms with Gasteiger partial charge < -0.3 is 16.0 Å². The summed E-state index contributed by atoms with van der Waals surface area (Å²) in [6.07, 6.45) is 5.22. The molecule has 1 fully saturated rings. The second-order valence-corrected chi connectivity index (χ2v) is 6.66. The summed E-state index contributed by atoms with van der Waals surface area (Å²) in [5.74, 6) is 0. The van der Waals surface area contributed by atoms with Crippen LogP contribution in [0, 0.1) is 3.57 Å². The lowest BCUT2D eigenvalue weighted by atomic mass is 9.96. The van der Waals surface area contributed by atoms with E-state index >= 15 is 0 Å². The number of rotatable bonds is 4. The molecule has 0 aliphatic heterocycles. The van der Waals surface area contributed by atoms with Gasteiger partial charge in [0.1, 0.15) is 0 Å². The quantitative estimate of drug-likeness (QED) is 0.641. The lowest BCUT2D eigenvalue weighted by Gasteiger charge is -2.37. The monoisotopic (exact) mass is 359 g/mol. The fraction of sp³-hybridized carbons (Fsp3) is 0.571. The van der Waals surface area contributed by atoms with Gasteiger partial charge in [0, 0.05) is 15.7 Å².